The quantitative estimate of drug-likeness (QED) is 0.794. The molecule has 0 radical (unpaired) electrons. The predicted molar refractivity (Wildman–Crippen MR) is 88.7 cm³/mol. The summed E-state index contributed by atoms with van der Waals surface area (Å²) in [5.74, 6) is 0.938. The molecule has 1 aliphatic rings. The highest BCUT2D eigenvalue weighted by Crippen LogP contribution is 2.19. The molecule has 116 valence electrons. The summed E-state index contributed by atoms with van der Waals surface area (Å²) in [7, 11) is 0. The molecule has 1 aliphatic heterocycles. The number of nitrogens with zero attached hydrogens (tertiary/aromatic N) is 1. The zero-order valence-corrected chi connectivity index (χ0v) is 13.9. The molecule has 2 rings (SSSR count). The Labute approximate surface area is 131 Å². The SMILES string of the molecule is CC(C)(C)NCc1ccc(SCCN2CCNC2=O)cc1. The summed E-state index contributed by atoms with van der Waals surface area (Å²) in [5.41, 5.74) is 1.44. The maximum atomic E-state index is 11.4. The van der Waals surface area contributed by atoms with E-state index in [1.165, 1.54) is 10.5 Å². The van der Waals surface area contributed by atoms with Gasteiger partial charge in [0.1, 0.15) is 0 Å². The van der Waals surface area contributed by atoms with Crippen molar-refractivity contribution in [1.82, 2.24) is 15.5 Å². The molecule has 2 amide bonds. The molecule has 1 aromatic rings. The van der Waals surface area contributed by atoms with Crippen molar-refractivity contribution in [3.05, 3.63) is 29.8 Å². The number of benzene rings is 1. The molecule has 1 aromatic carbocycles. The van der Waals surface area contributed by atoms with Crippen molar-refractivity contribution in [3.63, 3.8) is 0 Å². The van der Waals surface area contributed by atoms with Gasteiger partial charge in [-0.25, -0.2) is 4.79 Å². The highest BCUT2D eigenvalue weighted by molar-refractivity contribution is 7.99. The van der Waals surface area contributed by atoms with Gasteiger partial charge in [0.25, 0.3) is 0 Å². The summed E-state index contributed by atoms with van der Waals surface area (Å²) in [4.78, 5) is 14.5. The summed E-state index contributed by atoms with van der Waals surface area (Å²) < 4.78 is 0. The highest BCUT2D eigenvalue weighted by atomic mass is 32.2. The van der Waals surface area contributed by atoms with E-state index in [1.807, 2.05) is 4.90 Å². The number of hydrogen-bond donors (Lipinski definition) is 2. The van der Waals surface area contributed by atoms with Crippen molar-refractivity contribution in [1.29, 1.82) is 0 Å². The Morgan fingerprint density at radius 3 is 2.57 bits per heavy atom. The summed E-state index contributed by atoms with van der Waals surface area (Å²) >= 11 is 1.80. The van der Waals surface area contributed by atoms with Gasteiger partial charge in [-0.1, -0.05) is 12.1 Å². The lowest BCUT2D eigenvalue weighted by Crippen LogP contribution is -2.35. The number of thioether (sulfide) groups is 1. The van der Waals surface area contributed by atoms with Gasteiger partial charge in [0.15, 0.2) is 0 Å². The van der Waals surface area contributed by atoms with Gasteiger partial charge in [0.2, 0.25) is 0 Å². The fraction of sp³-hybridized carbons (Fsp3) is 0.562. The Balaban J connectivity index is 1.73. The lowest BCUT2D eigenvalue weighted by Gasteiger charge is -2.20. The molecule has 0 atom stereocenters. The first-order valence-electron chi connectivity index (χ1n) is 7.44. The van der Waals surface area contributed by atoms with Crippen LogP contribution in [0.25, 0.3) is 0 Å². The van der Waals surface area contributed by atoms with Crippen LogP contribution in [-0.4, -0.2) is 41.9 Å². The lowest BCUT2D eigenvalue weighted by atomic mass is 10.1. The number of amides is 2. The first kappa shape index (κ1) is 16.2. The maximum absolute atomic E-state index is 11.4. The zero-order chi connectivity index (χ0) is 15.3. The Kier molecular flexibility index (Phi) is 5.53. The van der Waals surface area contributed by atoms with Crippen LogP contribution >= 0.6 is 11.8 Å². The van der Waals surface area contributed by atoms with Crippen LogP contribution in [0.1, 0.15) is 26.3 Å². The van der Waals surface area contributed by atoms with Gasteiger partial charge >= 0.3 is 6.03 Å². The molecule has 5 heteroatoms. The molecule has 4 nitrogen and oxygen atoms in total. The van der Waals surface area contributed by atoms with E-state index in [9.17, 15) is 4.79 Å². The number of carbonyl (C=O) groups excluding carboxylic acids is 1. The van der Waals surface area contributed by atoms with Crippen molar-refractivity contribution in [2.24, 2.45) is 0 Å². The van der Waals surface area contributed by atoms with E-state index in [4.69, 9.17) is 0 Å². The minimum absolute atomic E-state index is 0.0687. The van der Waals surface area contributed by atoms with Crippen molar-refractivity contribution < 1.29 is 4.79 Å². The van der Waals surface area contributed by atoms with Crippen LogP contribution in [0.15, 0.2) is 29.2 Å². The molecule has 21 heavy (non-hydrogen) atoms. The van der Waals surface area contributed by atoms with Crippen LogP contribution in [-0.2, 0) is 6.54 Å². The molecule has 0 aromatic heterocycles. The second-order valence-electron chi connectivity index (χ2n) is 6.31. The first-order valence-corrected chi connectivity index (χ1v) is 8.42. The van der Waals surface area contributed by atoms with Crippen LogP contribution in [0.4, 0.5) is 4.79 Å². The maximum Gasteiger partial charge on any atom is 0.317 e. The number of hydrogen-bond acceptors (Lipinski definition) is 3. The molecule has 1 saturated heterocycles. The molecular formula is C16H25N3OS. The van der Waals surface area contributed by atoms with Gasteiger partial charge in [-0.15, -0.1) is 11.8 Å². The minimum Gasteiger partial charge on any atom is -0.336 e. The molecule has 0 bridgehead atoms. The standard InChI is InChI=1S/C16H25N3OS/c1-16(2,3)18-12-13-4-6-14(7-5-13)21-11-10-19-9-8-17-15(19)20/h4-7,18H,8-12H2,1-3H3,(H,17,20). The molecule has 0 saturated carbocycles. The average Bonchev–Trinajstić information content (AvgIpc) is 2.83. The van der Waals surface area contributed by atoms with E-state index in [-0.39, 0.29) is 11.6 Å². The fourth-order valence-electron chi connectivity index (χ4n) is 2.07. The normalized spacial score (nSPS) is 15.4. The second kappa shape index (κ2) is 7.18. The van der Waals surface area contributed by atoms with Gasteiger partial charge in [-0.2, -0.15) is 0 Å². The van der Waals surface area contributed by atoms with Gasteiger partial charge in [-0.3, -0.25) is 0 Å². The van der Waals surface area contributed by atoms with Crippen LogP contribution in [0.5, 0.6) is 0 Å². The predicted octanol–water partition coefficient (Wildman–Crippen LogP) is 2.69. The smallest absolute Gasteiger partial charge is 0.317 e. The molecule has 2 N–H and O–H groups in total. The van der Waals surface area contributed by atoms with Crippen molar-refractivity contribution >= 4 is 17.8 Å². The van der Waals surface area contributed by atoms with Gasteiger partial charge in [-0.05, 0) is 38.5 Å². The molecule has 0 spiro atoms. The van der Waals surface area contributed by atoms with Crippen LogP contribution in [0.2, 0.25) is 0 Å². The van der Waals surface area contributed by atoms with Crippen LogP contribution in [0.3, 0.4) is 0 Å². The van der Waals surface area contributed by atoms with Crippen LogP contribution in [0, 0.1) is 0 Å². The van der Waals surface area contributed by atoms with Crippen molar-refractivity contribution in [2.75, 3.05) is 25.4 Å². The number of carbonyl (C=O) groups is 1. The number of nitrogens with one attached hydrogen (secondary N) is 2. The molecule has 0 unspecified atom stereocenters. The van der Waals surface area contributed by atoms with E-state index in [1.54, 1.807) is 11.8 Å². The number of rotatable bonds is 6. The van der Waals surface area contributed by atoms with Crippen LogP contribution < -0.4 is 10.6 Å². The van der Waals surface area contributed by atoms with Crippen molar-refractivity contribution in [3.8, 4) is 0 Å². The minimum atomic E-state index is 0.0687. The summed E-state index contributed by atoms with van der Waals surface area (Å²) in [6, 6.07) is 8.73. The Hall–Kier alpha value is -1.20. The van der Waals surface area contributed by atoms with E-state index in [0.717, 1.165) is 31.9 Å². The average molecular weight is 307 g/mol. The lowest BCUT2D eigenvalue weighted by molar-refractivity contribution is 0.220. The van der Waals surface area contributed by atoms with E-state index in [2.05, 4.69) is 55.7 Å². The third kappa shape index (κ3) is 5.59. The fourth-order valence-corrected chi connectivity index (χ4v) is 2.94. The van der Waals surface area contributed by atoms with Gasteiger partial charge in [0.05, 0.1) is 0 Å². The first-order chi connectivity index (χ1) is 9.94. The van der Waals surface area contributed by atoms with Crippen molar-refractivity contribution in [2.45, 2.75) is 37.8 Å². The zero-order valence-electron chi connectivity index (χ0n) is 13.1. The Morgan fingerprint density at radius 1 is 1.29 bits per heavy atom. The molecule has 1 fully saturated rings. The van der Waals surface area contributed by atoms with E-state index in [0.29, 0.717) is 0 Å². The molecule has 1 heterocycles. The monoisotopic (exact) mass is 307 g/mol. The third-order valence-electron chi connectivity index (χ3n) is 3.32. The topological polar surface area (TPSA) is 44.4 Å². The van der Waals surface area contributed by atoms with Gasteiger partial charge < -0.3 is 15.5 Å². The molecule has 0 aliphatic carbocycles. The summed E-state index contributed by atoms with van der Waals surface area (Å²) in [5, 5.41) is 6.31. The summed E-state index contributed by atoms with van der Waals surface area (Å²) in [6.45, 7) is 9.82. The summed E-state index contributed by atoms with van der Waals surface area (Å²) in [6.07, 6.45) is 0. The molecular weight excluding hydrogens is 282 g/mol. The van der Waals surface area contributed by atoms with E-state index >= 15 is 0 Å². The van der Waals surface area contributed by atoms with Gasteiger partial charge in [0, 0.05) is 42.4 Å². The third-order valence-corrected chi connectivity index (χ3v) is 4.31. The second-order valence-corrected chi connectivity index (χ2v) is 7.48. The number of urea groups is 1. The largest absolute Gasteiger partial charge is 0.336 e. The Morgan fingerprint density at radius 2 is 2.00 bits per heavy atom. The highest BCUT2D eigenvalue weighted by Gasteiger charge is 2.18. The Bertz CT molecular complexity index is 467. The van der Waals surface area contributed by atoms with E-state index < -0.39 is 0 Å².